The average molecular weight is 398 g/mol. The van der Waals surface area contributed by atoms with E-state index in [1.54, 1.807) is 6.07 Å². The Labute approximate surface area is 166 Å². The Hall–Kier alpha value is -2.67. The third-order valence-electron chi connectivity index (χ3n) is 5.33. The van der Waals surface area contributed by atoms with Gasteiger partial charge in [0.25, 0.3) is 0 Å². The molecule has 1 aliphatic carbocycles. The summed E-state index contributed by atoms with van der Waals surface area (Å²) in [5.74, 6) is -1.44. The third kappa shape index (κ3) is 3.20. The third-order valence-corrected chi connectivity index (χ3v) is 6.50. The van der Waals surface area contributed by atoms with E-state index in [-0.39, 0.29) is 0 Å². The quantitative estimate of drug-likeness (QED) is 0.646. The van der Waals surface area contributed by atoms with Crippen LogP contribution in [0.3, 0.4) is 0 Å². The number of aromatic nitrogens is 1. The number of benzene rings is 1. The van der Waals surface area contributed by atoms with Gasteiger partial charge >= 0.3 is 11.6 Å². The molecule has 0 aliphatic heterocycles. The van der Waals surface area contributed by atoms with Crippen LogP contribution in [0.1, 0.15) is 43.2 Å². The maximum atomic E-state index is 12.7. The van der Waals surface area contributed by atoms with Crippen LogP contribution >= 0.6 is 11.3 Å². The SMILES string of the molecule is CCN(CC)c1ccc2cc(-c3nc4c(s3)CCCC4C(=O)O)c(=O)oc2c1. The predicted molar refractivity (Wildman–Crippen MR) is 110 cm³/mol. The summed E-state index contributed by atoms with van der Waals surface area (Å²) in [6.07, 6.45) is 2.22. The zero-order valence-corrected chi connectivity index (χ0v) is 16.7. The molecule has 1 aliphatic rings. The first-order valence-electron chi connectivity index (χ1n) is 9.57. The van der Waals surface area contributed by atoms with E-state index in [9.17, 15) is 14.7 Å². The second-order valence-electron chi connectivity index (χ2n) is 6.95. The molecule has 0 spiro atoms. The zero-order chi connectivity index (χ0) is 19.8. The highest BCUT2D eigenvalue weighted by Gasteiger charge is 2.30. The minimum Gasteiger partial charge on any atom is -0.481 e. The fourth-order valence-electron chi connectivity index (χ4n) is 3.81. The van der Waals surface area contributed by atoms with Gasteiger partial charge in [-0.2, -0.15) is 0 Å². The van der Waals surface area contributed by atoms with Gasteiger partial charge in [0.15, 0.2) is 0 Å². The fourth-order valence-corrected chi connectivity index (χ4v) is 4.98. The molecule has 0 saturated heterocycles. The second-order valence-corrected chi connectivity index (χ2v) is 8.04. The van der Waals surface area contributed by atoms with Crippen LogP contribution in [0, 0.1) is 0 Å². The smallest absolute Gasteiger partial charge is 0.346 e. The highest BCUT2D eigenvalue weighted by molar-refractivity contribution is 7.15. The van der Waals surface area contributed by atoms with Crippen molar-refractivity contribution < 1.29 is 14.3 Å². The van der Waals surface area contributed by atoms with Crippen molar-refractivity contribution in [1.29, 1.82) is 0 Å². The molecule has 7 heteroatoms. The number of aliphatic carboxylic acids is 1. The molecule has 2 heterocycles. The van der Waals surface area contributed by atoms with Crippen LogP contribution in [0.15, 0.2) is 33.5 Å². The largest absolute Gasteiger partial charge is 0.481 e. The van der Waals surface area contributed by atoms with E-state index in [0.29, 0.717) is 28.3 Å². The highest BCUT2D eigenvalue weighted by Crippen LogP contribution is 2.38. The molecule has 0 saturated carbocycles. The van der Waals surface area contributed by atoms with E-state index < -0.39 is 17.5 Å². The number of fused-ring (bicyclic) bond motifs is 2. The molecule has 0 bridgehead atoms. The number of anilines is 1. The summed E-state index contributed by atoms with van der Waals surface area (Å²) in [4.78, 5) is 31.9. The average Bonchev–Trinajstić information content (AvgIpc) is 3.12. The second kappa shape index (κ2) is 7.39. The molecule has 1 N–H and O–H groups in total. The Kier molecular flexibility index (Phi) is 4.93. The van der Waals surface area contributed by atoms with E-state index >= 15 is 0 Å². The minimum absolute atomic E-state index is 0.395. The molecule has 146 valence electrons. The lowest BCUT2D eigenvalue weighted by molar-refractivity contribution is -0.139. The number of thiazole rings is 1. The topological polar surface area (TPSA) is 83.6 Å². The van der Waals surface area contributed by atoms with Gasteiger partial charge in [0.05, 0.1) is 17.2 Å². The van der Waals surface area contributed by atoms with Crippen molar-refractivity contribution in [3.8, 4) is 10.6 Å². The van der Waals surface area contributed by atoms with Gasteiger partial charge in [-0.15, -0.1) is 11.3 Å². The molecule has 2 aromatic heterocycles. The van der Waals surface area contributed by atoms with Crippen LogP contribution in [0.4, 0.5) is 5.69 Å². The van der Waals surface area contributed by atoms with E-state index in [1.807, 2.05) is 18.2 Å². The molecule has 28 heavy (non-hydrogen) atoms. The fraction of sp³-hybridized carbons (Fsp3) is 0.381. The van der Waals surface area contributed by atoms with Crippen molar-refractivity contribution in [2.45, 2.75) is 39.0 Å². The minimum atomic E-state index is -0.854. The van der Waals surface area contributed by atoms with Crippen LogP contribution in [0.5, 0.6) is 0 Å². The van der Waals surface area contributed by atoms with Gasteiger partial charge in [0, 0.05) is 35.1 Å². The van der Waals surface area contributed by atoms with Crippen molar-refractivity contribution in [2.24, 2.45) is 0 Å². The highest BCUT2D eigenvalue weighted by atomic mass is 32.1. The Bertz CT molecular complexity index is 1100. The van der Waals surface area contributed by atoms with Gasteiger partial charge in [-0.25, -0.2) is 9.78 Å². The molecule has 0 fully saturated rings. The van der Waals surface area contributed by atoms with E-state index in [0.717, 1.165) is 41.9 Å². The summed E-state index contributed by atoms with van der Waals surface area (Å²) in [5.41, 5.74) is 2.12. The number of aryl methyl sites for hydroxylation is 1. The van der Waals surface area contributed by atoms with Crippen LogP contribution < -0.4 is 10.5 Å². The van der Waals surface area contributed by atoms with Crippen LogP contribution in [-0.2, 0) is 11.2 Å². The monoisotopic (exact) mass is 398 g/mol. The first-order chi connectivity index (χ1) is 13.5. The summed E-state index contributed by atoms with van der Waals surface area (Å²) >= 11 is 1.40. The maximum absolute atomic E-state index is 12.7. The van der Waals surface area contributed by atoms with E-state index in [4.69, 9.17) is 4.42 Å². The van der Waals surface area contributed by atoms with Crippen molar-refractivity contribution in [3.05, 3.63) is 45.3 Å². The zero-order valence-electron chi connectivity index (χ0n) is 15.9. The first kappa shape index (κ1) is 18.7. The maximum Gasteiger partial charge on any atom is 0.346 e. The van der Waals surface area contributed by atoms with Gasteiger partial charge < -0.3 is 14.4 Å². The van der Waals surface area contributed by atoms with Crippen molar-refractivity contribution in [2.75, 3.05) is 18.0 Å². The normalized spacial score (nSPS) is 16.1. The lowest BCUT2D eigenvalue weighted by atomic mass is 9.91. The van der Waals surface area contributed by atoms with Gasteiger partial charge in [-0.05, 0) is 51.3 Å². The Balaban J connectivity index is 1.78. The summed E-state index contributed by atoms with van der Waals surface area (Å²) in [6, 6.07) is 7.66. The molecule has 0 radical (unpaired) electrons. The summed E-state index contributed by atoms with van der Waals surface area (Å²) in [5, 5.41) is 10.8. The number of hydrogen-bond acceptors (Lipinski definition) is 6. The molecular weight excluding hydrogens is 376 g/mol. The number of carboxylic acid groups (broad SMARTS) is 1. The first-order valence-corrected chi connectivity index (χ1v) is 10.4. The number of carboxylic acids is 1. The van der Waals surface area contributed by atoms with Crippen molar-refractivity contribution in [3.63, 3.8) is 0 Å². The number of carbonyl (C=O) groups is 1. The summed E-state index contributed by atoms with van der Waals surface area (Å²) in [6.45, 7) is 5.92. The molecule has 6 nitrogen and oxygen atoms in total. The van der Waals surface area contributed by atoms with E-state index in [2.05, 4.69) is 23.7 Å². The van der Waals surface area contributed by atoms with Crippen LogP contribution in [0.25, 0.3) is 21.5 Å². The van der Waals surface area contributed by atoms with Gasteiger partial charge in [0.2, 0.25) is 0 Å². The van der Waals surface area contributed by atoms with E-state index in [1.165, 1.54) is 11.3 Å². The number of rotatable bonds is 5. The molecule has 4 rings (SSSR count). The number of hydrogen-bond donors (Lipinski definition) is 1. The predicted octanol–water partition coefficient (Wildman–Crippen LogP) is 4.27. The van der Waals surface area contributed by atoms with Gasteiger partial charge in [-0.1, -0.05) is 0 Å². The standard InChI is InChI=1S/C21H22N2O4S/c1-3-23(4-2)13-9-8-12-10-15(21(26)27-16(12)11-13)19-22-18-14(20(24)25)6-5-7-17(18)28-19/h8-11,14H,3-7H2,1-2H3,(H,24,25). The lowest BCUT2D eigenvalue weighted by Crippen LogP contribution is -2.21. The molecule has 1 unspecified atom stereocenters. The number of nitrogens with zero attached hydrogens (tertiary/aromatic N) is 2. The Morgan fingerprint density at radius 2 is 2.11 bits per heavy atom. The van der Waals surface area contributed by atoms with Crippen LogP contribution in [0.2, 0.25) is 0 Å². The molecular formula is C21H22N2O4S. The summed E-state index contributed by atoms with van der Waals surface area (Å²) < 4.78 is 5.60. The van der Waals surface area contributed by atoms with Crippen molar-refractivity contribution in [1.82, 2.24) is 4.98 Å². The van der Waals surface area contributed by atoms with Gasteiger partial charge in [-0.3, -0.25) is 4.79 Å². The summed E-state index contributed by atoms with van der Waals surface area (Å²) in [7, 11) is 0. The molecule has 1 atom stereocenters. The Morgan fingerprint density at radius 3 is 2.82 bits per heavy atom. The van der Waals surface area contributed by atoms with Crippen LogP contribution in [-0.4, -0.2) is 29.1 Å². The molecule has 0 amide bonds. The molecule has 1 aromatic carbocycles. The van der Waals surface area contributed by atoms with Crippen molar-refractivity contribution >= 4 is 34.0 Å². The molecule has 3 aromatic rings. The Morgan fingerprint density at radius 1 is 1.32 bits per heavy atom. The lowest BCUT2D eigenvalue weighted by Gasteiger charge is -2.20. The van der Waals surface area contributed by atoms with Gasteiger partial charge in [0.1, 0.15) is 10.6 Å².